The van der Waals surface area contributed by atoms with Crippen LogP contribution in [0.2, 0.25) is 0 Å². The molecule has 2 aliphatic rings. The van der Waals surface area contributed by atoms with Gasteiger partial charge >= 0.3 is 0 Å². The minimum atomic E-state index is -0.242. The molecule has 0 amide bonds. The van der Waals surface area contributed by atoms with Gasteiger partial charge in [-0.25, -0.2) is 9.97 Å². The van der Waals surface area contributed by atoms with Crippen LogP contribution in [0.15, 0.2) is 71.4 Å². The van der Waals surface area contributed by atoms with E-state index in [9.17, 15) is 10.4 Å². The molecule has 4 heterocycles. The Hall–Kier alpha value is -5.14. The number of hydrogen-bond donors (Lipinski definition) is 3. The fraction of sp³-hybridized carbons (Fsp3) is 0.263. The van der Waals surface area contributed by atoms with Crippen LogP contribution in [0.4, 0.5) is 11.5 Å². The van der Waals surface area contributed by atoms with Gasteiger partial charge in [0.25, 0.3) is 0 Å². The van der Waals surface area contributed by atoms with E-state index in [2.05, 4.69) is 59.4 Å². The van der Waals surface area contributed by atoms with Crippen LogP contribution >= 0.6 is 0 Å². The zero-order valence-corrected chi connectivity index (χ0v) is 26.4. The van der Waals surface area contributed by atoms with Gasteiger partial charge in [-0.1, -0.05) is 24.3 Å². The Kier molecular flexibility index (Phi) is 7.22. The van der Waals surface area contributed by atoms with E-state index in [1.807, 2.05) is 42.7 Å². The average molecular weight is 622 g/mol. The first-order chi connectivity index (χ1) is 22.9. The summed E-state index contributed by atoms with van der Waals surface area (Å²) in [6.45, 7) is 6.55. The molecule has 1 aliphatic carbocycles. The van der Waals surface area contributed by atoms with Crippen molar-refractivity contribution in [1.29, 1.82) is 5.26 Å². The maximum absolute atomic E-state index is 10.0. The molecule has 47 heavy (non-hydrogen) atoms. The second-order valence-electron chi connectivity index (χ2n) is 12.8. The van der Waals surface area contributed by atoms with Crippen LogP contribution in [0, 0.1) is 25.2 Å². The zero-order chi connectivity index (χ0) is 32.2. The molecule has 9 nitrogen and oxygen atoms in total. The largest absolute Gasteiger partial charge is 0.435 e. The number of aliphatic hydroxyl groups excluding tert-OH is 1. The standard InChI is InChI=1S/C38H35N7O2/c1-21-26(5-3-7-28(21)38-44-34-16-30-29(9-10-32(30)40)31(17-39)36(34)47-38)27-6-4-8-33(22(27)2)43-37-35-24(11-13-41-37)15-23(18-42-35)19-45-14-12-25(46)20-45/h3-8,11,13,15-16,18,25,32,46H,9-10,12,14,19-20,40H2,1-2H3,(H,41,43)/t25-,32-/m1/s1. The Morgan fingerprint density at radius 3 is 2.66 bits per heavy atom. The van der Waals surface area contributed by atoms with Crippen molar-refractivity contribution in [2.75, 3.05) is 18.4 Å². The van der Waals surface area contributed by atoms with Gasteiger partial charge in [0, 0.05) is 54.7 Å². The molecule has 2 atom stereocenters. The number of nitrogens with zero attached hydrogens (tertiary/aromatic N) is 5. The first-order valence-corrected chi connectivity index (χ1v) is 16.1. The number of nitriles is 1. The van der Waals surface area contributed by atoms with Gasteiger partial charge in [0.05, 0.1) is 6.10 Å². The first kappa shape index (κ1) is 29.3. The fourth-order valence-corrected chi connectivity index (χ4v) is 7.26. The number of oxazole rings is 1. The summed E-state index contributed by atoms with van der Waals surface area (Å²) in [6, 6.07) is 20.8. The number of pyridine rings is 2. The molecule has 0 spiro atoms. The number of nitrogens with one attached hydrogen (secondary N) is 1. The first-order valence-electron chi connectivity index (χ1n) is 16.1. The summed E-state index contributed by atoms with van der Waals surface area (Å²) in [4.78, 5) is 16.6. The average Bonchev–Trinajstić information content (AvgIpc) is 3.79. The van der Waals surface area contributed by atoms with Crippen molar-refractivity contribution in [3.63, 3.8) is 0 Å². The molecule has 0 bridgehead atoms. The third-order valence-corrected chi connectivity index (χ3v) is 9.79. The molecule has 1 aliphatic heterocycles. The number of likely N-dealkylation sites (tertiary alicyclic amines) is 1. The van der Waals surface area contributed by atoms with Gasteiger partial charge in [0.1, 0.15) is 22.7 Å². The number of aliphatic hydroxyl groups is 1. The number of β-amino-alcohol motifs (C(OH)–C–C–N with tert-alkyl or cyclic N) is 1. The second-order valence-corrected chi connectivity index (χ2v) is 12.8. The Bertz CT molecular complexity index is 2230. The summed E-state index contributed by atoms with van der Waals surface area (Å²) in [7, 11) is 0. The Morgan fingerprint density at radius 2 is 1.85 bits per heavy atom. The molecule has 234 valence electrons. The zero-order valence-electron chi connectivity index (χ0n) is 26.4. The van der Waals surface area contributed by atoms with Crippen molar-refractivity contribution in [1.82, 2.24) is 19.9 Å². The van der Waals surface area contributed by atoms with Gasteiger partial charge in [-0.3, -0.25) is 9.88 Å². The van der Waals surface area contributed by atoms with Crippen molar-refractivity contribution < 1.29 is 9.52 Å². The van der Waals surface area contributed by atoms with Crippen LogP contribution in [0.3, 0.4) is 0 Å². The number of aromatic nitrogens is 3. The minimum Gasteiger partial charge on any atom is -0.435 e. The topological polar surface area (TPSA) is 137 Å². The van der Waals surface area contributed by atoms with Crippen LogP contribution in [-0.4, -0.2) is 44.2 Å². The fourth-order valence-electron chi connectivity index (χ4n) is 7.26. The lowest BCUT2D eigenvalue weighted by atomic mass is 9.93. The van der Waals surface area contributed by atoms with Gasteiger partial charge in [-0.2, -0.15) is 5.26 Å². The smallest absolute Gasteiger partial charge is 0.227 e. The second kappa shape index (κ2) is 11.6. The minimum absolute atomic E-state index is 0.0801. The number of benzene rings is 3. The molecular weight excluding hydrogens is 586 g/mol. The highest BCUT2D eigenvalue weighted by Gasteiger charge is 2.27. The number of hydrogen-bond acceptors (Lipinski definition) is 9. The van der Waals surface area contributed by atoms with E-state index >= 15 is 0 Å². The van der Waals surface area contributed by atoms with E-state index in [-0.39, 0.29) is 12.1 Å². The summed E-state index contributed by atoms with van der Waals surface area (Å²) in [5, 5.41) is 24.5. The maximum Gasteiger partial charge on any atom is 0.227 e. The molecule has 6 aromatic rings. The van der Waals surface area contributed by atoms with Gasteiger partial charge < -0.3 is 20.6 Å². The predicted octanol–water partition coefficient (Wildman–Crippen LogP) is 6.85. The number of nitrogens with two attached hydrogens (primary N) is 1. The quantitative estimate of drug-likeness (QED) is 0.182. The summed E-state index contributed by atoms with van der Waals surface area (Å²) in [5.74, 6) is 1.19. The number of anilines is 2. The third kappa shape index (κ3) is 5.11. The van der Waals surface area contributed by atoms with E-state index in [0.29, 0.717) is 34.9 Å². The van der Waals surface area contributed by atoms with Crippen molar-refractivity contribution in [2.45, 2.75) is 51.8 Å². The van der Waals surface area contributed by atoms with Gasteiger partial charge in [-0.15, -0.1) is 0 Å². The maximum atomic E-state index is 10.0. The lowest BCUT2D eigenvalue weighted by Crippen LogP contribution is -2.21. The molecule has 9 heteroatoms. The lowest BCUT2D eigenvalue weighted by molar-refractivity contribution is 0.175. The molecule has 3 aromatic carbocycles. The molecule has 1 saturated heterocycles. The normalized spacial score (nSPS) is 17.8. The van der Waals surface area contributed by atoms with Gasteiger partial charge in [0.15, 0.2) is 11.4 Å². The molecule has 8 rings (SSSR count). The summed E-state index contributed by atoms with van der Waals surface area (Å²) < 4.78 is 6.32. The highest BCUT2D eigenvalue weighted by Crippen LogP contribution is 2.40. The Balaban J connectivity index is 1.12. The molecule has 0 saturated carbocycles. The van der Waals surface area contributed by atoms with Crippen molar-refractivity contribution in [3.8, 4) is 28.7 Å². The van der Waals surface area contributed by atoms with Crippen molar-refractivity contribution in [3.05, 3.63) is 100 Å². The van der Waals surface area contributed by atoms with E-state index in [4.69, 9.17) is 20.1 Å². The van der Waals surface area contributed by atoms with Crippen LogP contribution < -0.4 is 11.1 Å². The SMILES string of the molecule is Cc1c(Nc2nccc3cc(CN4CC[C@@H](O)C4)cnc23)cccc1-c1cccc(-c2nc3cc4c(c(C#N)c3o2)CC[C@H]4N)c1C. The lowest BCUT2D eigenvalue weighted by Gasteiger charge is -2.17. The Labute approximate surface area is 272 Å². The van der Waals surface area contributed by atoms with E-state index in [1.54, 1.807) is 0 Å². The van der Waals surface area contributed by atoms with Crippen LogP contribution in [0.1, 0.15) is 52.3 Å². The summed E-state index contributed by atoms with van der Waals surface area (Å²) >= 11 is 0. The predicted molar refractivity (Wildman–Crippen MR) is 183 cm³/mol. The summed E-state index contributed by atoms with van der Waals surface area (Å²) in [5.41, 5.74) is 18.1. The molecule has 0 unspecified atom stereocenters. The van der Waals surface area contributed by atoms with Gasteiger partial charge in [0.2, 0.25) is 5.89 Å². The molecular formula is C38H35N7O2. The van der Waals surface area contributed by atoms with E-state index in [1.165, 1.54) is 0 Å². The number of rotatable bonds is 6. The van der Waals surface area contributed by atoms with E-state index in [0.717, 1.165) is 93.4 Å². The van der Waals surface area contributed by atoms with E-state index < -0.39 is 0 Å². The van der Waals surface area contributed by atoms with Crippen LogP contribution in [0.25, 0.3) is 44.6 Å². The third-order valence-electron chi connectivity index (χ3n) is 9.79. The monoisotopic (exact) mass is 621 g/mol. The highest BCUT2D eigenvalue weighted by molar-refractivity contribution is 5.91. The van der Waals surface area contributed by atoms with Gasteiger partial charge in [-0.05, 0) is 102 Å². The highest BCUT2D eigenvalue weighted by atomic mass is 16.3. The molecule has 3 aromatic heterocycles. The summed E-state index contributed by atoms with van der Waals surface area (Å²) in [6.07, 6.45) is 5.90. The molecule has 4 N–H and O–H groups in total. The van der Waals surface area contributed by atoms with Crippen LogP contribution in [0.5, 0.6) is 0 Å². The molecule has 0 radical (unpaired) electrons. The van der Waals surface area contributed by atoms with Crippen molar-refractivity contribution >= 4 is 33.5 Å². The van der Waals surface area contributed by atoms with Crippen LogP contribution in [-0.2, 0) is 13.0 Å². The van der Waals surface area contributed by atoms with Crippen molar-refractivity contribution in [2.24, 2.45) is 5.73 Å². The Morgan fingerprint density at radius 1 is 1.04 bits per heavy atom. The number of fused-ring (bicyclic) bond motifs is 3. The molecule has 1 fully saturated rings.